The predicted octanol–water partition coefficient (Wildman–Crippen LogP) is 8.39. The van der Waals surface area contributed by atoms with Crippen LogP contribution in [0.25, 0.3) is 0 Å². The molecule has 0 saturated carbocycles. The number of H-pyrrole nitrogens is 1. The lowest BCUT2D eigenvalue weighted by Gasteiger charge is -2.12. The minimum absolute atomic E-state index is 0.0181. The fourth-order valence-corrected chi connectivity index (χ4v) is 3.69. The summed E-state index contributed by atoms with van der Waals surface area (Å²) in [6.07, 6.45) is -9.00. The molecule has 1 heterocycles. The second kappa shape index (κ2) is 16.9. The average molecular weight is 671 g/mol. The number of aromatic hydroxyl groups is 1. The molecule has 0 radical (unpaired) electrons. The molecule has 252 valence electrons. The van der Waals surface area contributed by atoms with Crippen LogP contribution in [0.4, 0.5) is 36.4 Å². The summed E-state index contributed by atoms with van der Waals surface area (Å²) in [6.45, 7) is -0.0748. The zero-order valence-corrected chi connectivity index (χ0v) is 24.5. The molecule has 0 atom stereocenters. The topological polar surface area (TPSA) is 110 Å². The number of aromatic amines is 1. The van der Waals surface area contributed by atoms with E-state index in [0.29, 0.717) is 17.2 Å². The lowest BCUT2D eigenvalue weighted by Crippen LogP contribution is -2.15. The number of hydrogen-bond acceptors (Lipinski definition) is 6. The Bertz CT molecular complexity index is 1620. The van der Waals surface area contributed by atoms with E-state index in [1.165, 1.54) is 72.9 Å². The number of carbonyl (C=O) groups is 1. The van der Waals surface area contributed by atoms with E-state index in [9.17, 15) is 40.3 Å². The van der Waals surface area contributed by atoms with Gasteiger partial charge in [0.1, 0.15) is 34.6 Å². The van der Waals surface area contributed by atoms with Gasteiger partial charge in [0.15, 0.2) is 0 Å². The van der Waals surface area contributed by atoms with Crippen molar-refractivity contribution in [2.24, 2.45) is 0 Å². The van der Waals surface area contributed by atoms with E-state index in [4.69, 9.17) is 19.3 Å². The maximum atomic E-state index is 13.7. The van der Waals surface area contributed by atoms with Crippen LogP contribution in [0.3, 0.4) is 0 Å². The number of amides is 1. The van der Waals surface area contributed by atoms with Crippen LogP contribution in [-0.2, 0) is 0 Å². The third-order valence-electron chi connectivity index (χ3n) is 5.85. The standard InChI is InChI=1S/C22H18F4N2O4.C10H11F3O2/c23-14-2-7-19(18(12-14)21(30)28-15-8-10-27-20(29)13-15)32-17-5-3-16(4-6-17)31-11-1-9-22(24,25)26;11-10(12,13)6-1-7-15-9-4-2-8(14)3-5-9/h2-8,10,12-13H,1,9,11H2,(H2,27,28,29,30);2-5,14H,1,6-7H2. The summed E-state index contributed by atoms with van der Waals surface area (Å²) in [6, 6.07) is 17.9. The number of ether oxygens (including phenoxy) is 3. The zero-order valence-electron chi connectivity index (χ0n) is 24.5. The number of hydrogen-bond donors (Lipinski definition) is 3. The highest BCUT2D eigenvalue weighted by Crippen LogP contribution is 2.29. The smallest absolute Gasteiger partial charge is 0.389 e. The van der Waals surface area contributed by atoms with Crippen molar-refractivity contribution in [3.63, 3.8) is 0 Å². The van der Waals surface area contributed by atoms with Crippen molar-refractivity contribution in [2.45, 2.75) is 38.0 Å². The van der Waals surface area contributed by atoms with E-state index in [1.807, 2.05) is 0 Å². The largest absolute Gasteiger partial charge is 0.508 e. The van der Waals surface area contributed by atoms with Crippen LogP contribution >= 0.6 is 0 Å². The van der Waals surface area contributed by atoms with Crippen LogP contribution < -0.4 is 25.1 Å². The molecule has 0 unspecified atom stereocenters. The number of nitrogens with one attached hydrogen (secondary N) is 2. The third kappa shape index (κ3) is 14.2. The Morgan fingerprint density at radius 2 is 1.28 bits per heavy atom. The molecular formula is C32H29F7N2O6. The Balaban J connectivity index is 0.000000335. The van der Waals surface area contributed by atoms with E-state index >= 15 is 0 Å². The van der Waals surface area contributed by atoms with Crippen LogP contribution in [0.1, 0.15) is 36.0 Å². The molecule has 3 N–H and O–H groups in total. The van der Waals surface area contributed by atoms with Crippen LogP contribution in [0.5, 0.6) is 28.7 Å². The maximum absolute atomic E-state index is 13.7. The van der Waals surface area contributed by atoms with Gasteiger partial charge < -0.3 is 29.6 Å². The normalized spacial score (nSPS) is 11.2. The second-order valence-corrected chi connectivity index (χ2v) is 9.74. The number of phenols is 1. The minimum Gasteiger partial charge on any atom is -0.508 e. The molecule has 15 heteroatoms. The molecule has 3 aromatic carbocycles. The summed E-state index contributed by atoms with van der Waals surface area (Å²) in [5.41, 5.74) is -0.294. The summed E-state index contributed by atoms with van der Waals surface area (Å²) in [7, 11) is 0. The lowest BCUT2D eigenvalue weighted by molar-refractivity contribution is -0.137. The van der Waals surface area contributed by atoms with Gasteiger partial charge in [0.25, 0.3) is 5.91 Å². The van der Waals surface area contributed by atoms with Gasteiger partial charge in [0.05, 0.1) is 18.8 Å². The molecule has 47 heavy (non-hydrogen) atoms. The molecule has 0 spiro atoms. The number of alkyl halides is 6. The summed E-state index contributed by atoms with van der Waals surface area (Å²) >= 11 is 0. The highest BCUT2D eigenvalue weighted by atomic mass is 19.4. The molecule has 1 amide bonds. The van der Waals surface area contributed by atoms with Crippen molar-refractivity contribution < 1.29 is 54.8 Å². The Hall–Kier alpha value is -5.21. The minimum atomic E-state index is -4.23. The Labute approximate surface area is 263 Å². The summed E-state index contributed by atoms with van der Waals surface area (Å²) < 4.78 is 101. The van der Waals surface area contributed by atoms with E-state index in [-0.39, 0.29) is 48.8 Å². The van der Waals surface area contributed by atoms with Crippen LogP contribution in [0, 0.1) is 5.82 Å². The SMILES string of the molecule is O=C(Nc1cc[nH]c(=O)c1)c1cc(F)ccc1Oc1ccc(OCCCC(F)(F)F)cc1.Oc1ccc(OCCCC(F)(F)F)cc1. The van der Waals surface area contributed by atoms with Crippen molar-refractivity contribution in [1.29, 1.82) is 0 Å². The predicted molar refractivity (Wildman–Crippen MR) is 158 cm³/mol. The van der Waals surface area contributed by atoms with Gasteiger partial charge in [-0.2, -0.15) is 26.3 Å². The van der Waals surface area contributed by atoms with Gasteiger partial charge in [-0.25, -0.2) is 4.39 Å². The van der Waals surface area contributed by atoms with Crippen molar-refractivity contribution in [3.05, 3.63) is 107 Å². The Kier molecular flexibility index (Phi) is 13.0. The van der Waals surface area contributed by atoms with Gasteiger partial charge in [0, 0.05) is 30.8 Å². The number of rotatable bonds is 12. The molecule has 8 nitrogen and oxygen atoms in total. The third-order valence-corrected chi connectivity index (χ3v) is 5.85. The van der Waals surface area contributed by atoms with Gasteiger partial charge >= 0.3 is 12.4 Å². The fraction of sp³-hybridized carbons (Fsp3) is 0.250. The van der Waals surface area contributed by atoms with Gasteiger partial charge in [-0.05, 0) is 85.6 Å². The molecular weight excluding hydrogens is 641 g/mol. The van der Waals surface area contributed by atoms with Gasteiger partial charge in [-0.15, -0.1) is 0 Å². The summed E-state index contributed by atoms with van der Waals surface area (Å²) in [5.74, 6) is -0.0821. The van der Waals surface area contributed by atoms with Gasteiger partial charge in [-0.3, -0.25) is 9.59 Å². The fourth-order valence-electron chi connectivity index (χ4n) is 3.69. The summed E-state index contributed by atoms with van der Waals surface area (Å²) in [5, 5.41) is 11.4. The first-order valence-corrected chi connectivity index (χ1v) is 13.9. The Morgan fingerprint density at radius 3 is 1.81 bits per heavy atom. The van der Waals surface area contributed by atoms with Crippen LogP contribution in [-0.4, -0.2) is 41.6 Å². The maximum Gasteiger partial charge on any atom is 0.389 e. The van der Waals surface area contributed by atoms with E-state index in [2.05, 4.69) is 10.3 Å². The zero-order chi connectivity index (χ0) is 34.5. The first-order chi connectivity index (χ1) is 22.2. The number of benzene rings is 3. The van der Waals surface area contributed by atoms with Crippen molar-refractivity contribution in [1.82, 2.24) is 4.98 Å². The van der Waals surface area contributed by atoms with E-state index < -0.39 is 42.5 Å². The molecule has 0 bridgehead atoms. The number of carbonyl (C=O) groups excluding carboxylic acids is 1. The lowest BCUT2D eigenvalue weighted by atomic mass is 10.1. The van der Waals surface area contributed by atoms with Crippen molar-refractivity contribution in [3.8, 4) is 28.7 Å². The summed E-state index contributed by atoms with van der Waals surface area (Å²) in [4.78, 5) is 26.4. The quantitative estimate of drug-likeness (QED) is 0.103. The van der Waals surface area contributed by atoms with E-state index in [0.717, 1.165) is 12.1 Å². The molecule has 4 rings (SSSR count). The monoisotopic (exact) mass is 670 g/mol. The first-order valence-electron chi connectivity index (χ1n) is 13.9. The molecule has 0 aliphatic carbocycles. The van der Waals surface area contributed by atoms with Crippen LogP contribution in [0.2, 0.25) is 0 Å². The van der Waals surface area contributed by atoms with Crippen molar-refractivity contribution >= 4 is 11.6 Å². The first kappa shape index (κ1) is 36.3. The molecule has 0 fully saturated rings. The number of halogens is 7. The van der Waals surface area contributed by atoms with Gasteiger partial charge in [0.2, 0.25) is 5.56 Å². The number of phenolic OH excluding ortho intramolecular Hbond substituents is 1. The molecule has 4 aromatic rings. The van der Waals surface area contributed by atoms with Gasteiger partial charge in [-0.1, -0.05) is 0 Å². The second-order valence-electron chi connectivity index (χ2n) is 9.74. The molecule has 1 aromatic heterocycles. The molecule has 0 aliphatic heterocycles. The van der Waals surface area contributed by atoms with Crippen molar-refractivity contribution in [2.75, 3.05) is 18.5 Å². The number of aromatic nitrogens is 1. The Morgan fingerprint density at radius 1 is 0.745 bits per heavy atom. The van der Waals surface area contributed by atoms with E-state index in [1.54, 1.807) is 0 Å². The molecule has 0 saturated heterocycles. The molecule has 0 aliphatic rings. The highest BCUT2D eigenvalue weighted by Gasteiger charge is 2.26. The highest BCUT2D eigenvalue weighted by molar-refractivity contribution is 6.06. The number of anilines is 1. The average Bonchev–Trinajstić information content (AvgIpc) is 2.99. The number of pyridine rings is 1. The van der Waals surface area contributed by atoms with Crippen LogP contribution in [0.15, 0.2) is 89.9 Å².